The fourth-order valence-corrected chi connectivity index (χ4v) is 3.93. The van der Waals surface area contributed by atoms with Crippen molar-refractivity contribution in [2.45, 2.75) is 38.3 Å². The minimum Gasteiger partial charge on any atom is -0.313 e. The summed E-state index contributed by atoms with van der Waals surface area (Å²) in [6.45, 7) is 4.55. The second kappa shape index (κ2) is 6.20. The van der Waals surface area contributed by atoms with Crippen LogP contribution in [-0.4, -0.2) is 36.1 Å². The maximum absolute atomic E-state index is 4.78. The molecule has 1 fully saturated rings. The molecule has 0 aliphatic carbocycles. The predicted octanol–water partition coefficient (Wildman–Crippen LogP) is 3.43. The molecule has 2 unspecified atom stereocenters. The number of likely N-dealkylation sites (N-methyl/N-ethyl adjacent to an activating group) is 1. The Morgan fingerprint density at radius 1 is 1.40 bits per heavy atom. The van der Waals surface area contributed by atoms with E-state index in [4.69, 9.17) is 4.98 Å². The van der Waals surface area contributed by atoms with E-state index in [-0.39, 0.29) is 0 Å². The first kappa shape index (κ1) is 14.0. The van der Waals surface area contributed by atoms with Crippen LogP contribution < -0.4 is 5.32 Å². The van der Waals surface area contributed by atoms with Crippen molar-refractivity contribution in [1.82, 2.24) is 15.2 Å². The van der Waals surface area contributed by atoms with E-state index in [0.29, 0.717) is 12.1 Å². The van der Waals surface area contributed by atoms with Crippen molar-refractivity contribution in [2.75, 3.05) is 20.1 Å². The van der Waals surface area contributed by atoms with Crippen LogP contribution in [0.4, 0.5) is 0 Å². The van der Waals surface area contributed by atoms with Gasteiger partial charge in [-0.15, -0.1) is 11.3 Å². The monoisotopic (exact) mass is 289 g/mol. The van der Waals surface area contributed by atoms with E-state index in [1.807, 2.05) is 11.3 Å². The van der Waals surface area contributed by atoms with Gasteiger partial charge in [0.15, 0.2) is 0 Å². The van der Waals surface area contributed by atoms with Crippen LogP contribution >= 0.6 is 11.3 Å². The summed E-state index contributed by atoms with van der Waals surface area (Å²) in [5, 5.41) is 4.85. The zero-order chi connectivity index (χ0) is 13.9. The number of hydrogen-bond acceptors (Lipinski definition) is 4. The number of nitrogens with zero attached hydrogens (tertiary/aromatic N) is 2. The van der Waals surface area contributed by atoms with Crippen LogP contribution in [0, 0.1) is 0 Å². The molecule has 0 amide bonds. The summed E-state index contributed by atoms with van der Waals surface area (Å²) in [6, 6.07) is 9.44. The second-order valence-corrected chi connectivity index (χ2v) is 6.84. The Morgan fingerprint density at radius 3 is 3.00 bits per heavy atom. The minimum atomic E-state index is 0.385. The fourth-order valence-electron chi connectivity index (χ4n) is 2.84. The quantitative estimate of drug-likeness (QED) is 0.934. The van der Waals surface area contributed by atoms with Gasteiger partial charge < -0.3 is 5.32 Å². The number of benzene rings is 1. The molecule has 3 nitrogen and oxygen atoms in total. The molecule has 0 saturated carbocycles. The molecule has 20 heavy (non-hydrogen) atoms. The summed E-state index contributed by atoms with van der Waals surface area (Å²) in [6.07, 6.45) is 3.99. The number of para-hydroxylation sites is 1. The number of fused-ring (bicyclic) bond motifs is 1. The van der Waals surface area contributed by atoms with Gasteiger partial charge in [-0.25, -0.2) is 4.98 Å². The van der Waals surface area contributed by atoms with Crippen molar-refractivity contribution < 1.29 is 0 Å². The highest BCUT2D eigenvalue weighted by Crippen LogP contribution is 2.29. The minimum absolute atomic E-state index is 0.385. The molecular weight excluding hydrogens is 266 g/mol. The average molecular weight is 289 g/mol. The average Bonchev–Trinajstić information content (AvgIpc) is 2.91. The third-order valence-corrected chi connectivity index (χ3v) is 5.46. The smallest absolute Gasteiger partial charge is 0.111 e. The summed E-state index contributed by atoms with van der Waals surface area (Å²) < 4.78 is 1.29. The van der Waals surface area contributed by atoms with Crippen molar-refractivity contribution in [3.8, 4) is 0 Å². The summed E-state index contributed by atoms with van der Waals surface area (Å²) in [5.74, 6) is 0. The number of nitrogens with one attached hydrogen (secondary N) is 1. The lowest BCUT2D eigenvalue weighted by Crippen LogP contribution is -2.43. The number of aromatic nitrogens is 1. The second-order valence-electron chi connectivity index (χ2n) is 5.78. The Morgan fingerprint density at radius 2 is 2.25 bits per heavy atom. The first-order valence-electron chi connectivity index (χ1n) is 7.53. The Bertz CT molecular complexity index is 527. The van der Waals surface area contributed by atoms with E-state index in [9.17, 15) is 0 Å². The molecule has 2 aromatic rings. The van der Waals surface area contributed by atoms with Gasteiger partial charge in [0.05, 0.1) is 16.3 Å². The van der Waals surface area contributed by atoms with E-state index in [1.54, 1.807) is 0 Å². The van der Waals surface area contributed by atoms with Crippen molar-refractivity contribution >= 4 is 21.6 Å². The van der Waals surface area contributed by atoms with Crippen molar-refractivity contribution in [3.05, 3.63) is 29.3 Å². The van der Waals surface area contributed by atoms with E-state index >= 15 is 0 Å². The number of piperidine rings is 1. The maximum Gasteiger partial charge on any atom is 0.111 e. The third kappa shape index (κ3) is 3.03. The standard InChI is InChI=1S/C16H23N3S/c1-12(19(2)11-13-7-5-6-10-17-13)16-18-14-8-3-4-9-15(14)20-16/h3-4,8-9,12-13,17H,5-7,10-11H2,1-2H3. The first-order valence-corrected chi connectivity index (χ1v) is 8.35. The number of thiazole rings is 1. The van der Waals surface area contributed by atoms with Crippen LogP contribution in [0.15, 0.2) is 24.3 Å². The molecule has 0 radical (unpaired) electrons. The van der Waals surface area contributed by atoms with Crippen LogP contribution in [0.3, 0.4) is 0 Å². The summed E-state index contributed by atoms with van der Waals surface area (Å²) in [7, 11) is 2.22. The van der Waals surface area contributed by atoms with Crippen LogP contribution in [-0.2, 0) is 0 Å². The largest absolute Gasteiger partial charge is 0.313 e. The zero-order valence-corrected chi connectivity index (χ0v) is 13.1. The predicted molar refractivity (Wildman–Crippen MR) is 86.3 cm³/mol. The van der Waals surface area contributed by atoms with E-state index in [1.165, 1.54) is 35.5 Å². The lowest BCUT2D eigenvalue weighted by Gasteiger charge is -2.30. The van der Waals surface area contributed by atoms with Gasteiger partial charge in [0.1, 0.15) is 5.01 Å². The molecule has 3 rings (SSSR count). The summed E-state index contributed by atoms with van der Waals surface area (Å²) in [5.41, 5.74) is 1.13. The molecule has 1 aromatic heterocycles. The molecule has 0 spiro atoms. The van der Waals surface area contributed by atoms with Gasteiger partial charge >= 0.3 is 0 Å². The van der Waals surface area contributed by atoms with E-state index < -0.39 is 0 Å². The molecule has 1 aliphatic rings. The highest BCUT2D eigenvalue weighted by Gasteiger charge is 2.20. The van der Waals surface area contributed by atoms with Gasteiger partial charge in [0.2, 0.25) is 0 Å². The SMILES string of the molecule is CC(c1nc2ccccc2s1)N(C)CC1CCCCN1. The maximum atomic E-state index is 4.78. The topological polar surface area (TPSA) is 28.2 Å². The molecule has 2 heterocycles. The molecule has 0 bridgehead atoms. The molecule has 1 aromatic carbocycles. The van der Waals surface area contributed by atoms with Gasteiger partial charge in [-0.3, -0.25) is 4.90 Å². The summed E-state index contributed by atoms with van der Waals surface area (Å²) >= 11 is 1.82. The molecule has 2 atom stereocenters. The van der Waals surface area contributed by atoms with Crippen LogP contribution in [0.5, 0.6) is 0 Å². The molecule has 1 saturated heterocycles. The highest BCUT2D eigenvalue weighted by molar-refractivity contribution is 7.18. The van der Waals surface area contributed by atoms with Gasteiger partial charge in [0.25, 0.3) is 0 Å². The number of rotatable bonds is 4. The molecule has 108 valence electrons. The van der Waals surface area contributed by atoms with Gasteiger partial charge in [-0.2, -0.15) is 0 Å². The van der Waals surface area contributed by atoms with Gasteiger partial charge in [-0.1, -0.05) is 18.6 Å². The normalized spacial score (nSPS) is 21.4. The first-order chi connectivity index (χ1) is 9.74. The molecule has 1 aliphatic heterocycles. The Balaban J connectivity index is 1.68. The Hall–Kier alpha value is -0.970. The van der Waals surface area contributed by atoms with Crippen LogP contribution in [0.2, 0.25) is 0 Å². The lowest BCUT2D eigenvalue weighted by atomic mass is 10.0. The summed E-state index contributed by atoms with van der Waals surface area (Å²) in [4.78, 5) is 7.21. The van der Waals surface area contributed by atoms with Crippen LogP contribution in [0.1, 0.15) is 37.2 Å². The fraction of sp³-hybridized carbons (Fsp3) is 0.562. The van der Waals surface area contributed by atoms with Crippen molar-refractivity contribution in [1.29, 1.82) is 0 Å². The van der Waals surface area contributed by atoms with Crippen molar-refractivity contribution in [2.24, 2.45) is 0 Å². The van der Waals surface area contributed by atoms with E-state index in [0.717, 1.165) is 12.1 Å². The van der Waals surface area contributed by atoms with E-state index in [2.05, 4.69) is 48.5 Å². The van der Waals surface area contributed by atoms with Gasteiger partial charge in [-0.05, 0) is 45.5 Å². The Kier molecular flexibility index (Phi) is 4.34. The van der Waals surface area contributed by atoms with Crippen molar-refractivity contribution in [3.63, 3.8) is 0 Å². The molecule has 1 N–H and O–H groups in total. The molecule has 4 heteroatoms. The van der Waals surface area contributed by atoms with Crippen LogP contribution in [0.25, 0.3) is 10.2 Å². The van der Waals surface area contributed by atoms with Gasteiger partial charge in [0, 0.05) is 12.6 Å². The Labute approximate surface area is 125 Å². The number of hydrogen-bond donors (Lipinski definition) is 1. The highest BCUT2D eigenvalue weighted by atomic mass is 32.1. The zero-order valence-electron chi connectivity index (χ0n) is 12.3. The third-order valence-electron chi connectivity index (χ3n) is 4.25. The lowest BCUT2D eigenvalue weighted by molar-refractivity contribution is 0.214. The molecular formula is C16H23N3S.